The highest BCUT2D eigenvalue weighted by Crippen LogP contribution is 2.44. The van der Waals surface area contributed by atoms with Crippen molar-refractivity contribution in [2.45, 2.75) is 33.1 Å². The fourth-order valence-electron chi connectivity index (χ4n) is 2.13. The maximum absolute atomic E-state index is 10.5. The zero-order valence-corrected chi connectivity index (χ0v) is 13.4. The Morgan fingerprint density at radius 1 is 1.05 bits per heavy atom. The van der Waals surface area contributed by atoms with Crippen LogP contribution in [0.15, 0.2) is 46.6 Å². The van der Waals surface area contributed by atoms with Crippen LogP contribution in [-0.4, -0.2) is 5.11 Å². The largest absolute Gasteiger partial charge is 0.505 e. The third-order valence-electron chi connectivity index (χ3n) is 3.18. The van der Waals surface area contributed by atoms with Crippen LogP contribution in [0, 0.1) is 6.92 Å². The first-order valence-electron chi connectivity index (χ1n) is 6.80. The minimum atomic E-state index is -0.274. The zero-order valence-electron chi connectivity index (χ0n) is 12.7. The topological polar surface area (TPSA) is 45.0 Å². The summed E-state index contributed by atoms with van der Waals surface area (Å²) in [6.07, 6.45) is 0. The van der Waals surface area contributed by atoms with Crippen LogP contribution < -0.4 is 0 Å². The zero-order chi connectivity index (χ0) is 15.6. The van der Waals surface area contributed by atoms with Gasteiger partial charge in [0.2, 0.25) is 0 Å². The van der Waals surface area contributed by atoms with E-state index in [1.54, 1.807) is 6.07 Å². The average Bonchev–Trinajstić information content (AvgIpc) is 2.41. The molecule has 3 nitrogen and oxygen atoms in total. The highest BCUT2D eigenvalue weighted by molar-refractivity contribution is 6.32. The molecule has 0 amide bonds. The van der Waals surface area contributed by atoms with Crippen molar-refractivity contribution in [3.63, 3.8) is 0 Å². The normalized spacial score (nSPS) is 12.0. The van der Waals surface area contributed by atoms with Crippen LogP contribution in [0.25, 0.3) is 0 Å². The van der Waals surface area contributed by atoms with E-state index in [9.17, 15) is 5.11 Å². The summed E-state index contributed by atoms with van der Waals surface area (Å²) in [5.74, 6) is 0.0952. The van der Waals surface area contributed by atoms with Gasteiger partial charge in [-0.15, -0.1) is 5.11 Å². The molecule has 1 N–H and O–H groups in total. The Balaban J connectivity index is 2.51. The molecule has 4 heteroatoms. The van der Waals surface area contributed by atoms with E-state index in [1.807, 2.05) is 58.0 Å². The highest BCUT2D eigenvalue weighted by atomic mass is 35.5. The fourth-order valence-corrected chi connectivity index (χ4v) is 2.56. The molecule has 2 aromatic rings. The van der Waals surface area contributed by atoms with Crippen molar-refractivity contribution < 1.29 is 5.11 Å². The van der Waals surface area contributed by atoms with Gasteiger partial charge in [-0.2, -0.15) is 5.11 Å². The summed E-state index contributed by atoms with van der Waals surface area (Å²) in [7, 11) is 0. The van der Waals surface area contributed by atoms with Gasteiger partial charge >= 0.3 is 0 Å². The molecule has 0 aliphatic heterocycles. The summed E-state index contributed by atoms with van der Waals surface area (Å²) < 4.78 is 0. The van der Waals surface area contributed by atoms with E-state index in [1.165, 1.54) is 0 Å². The van der Waals surface area contributed by atoms with Gasteiger partial charge in [0.1, 0.15) is 11.4 Å². The van der Waals surface area contributed by atoms with Crippen LogP contribution in [0.3, 0.4) is 0 Å². The summed E-state index contributed by atoms with van der Waals surface area (Å²) in [6.45, 7) is 7.92. The monoisotopic (exact) mass is 302 g/mol. The number of phenols is 1. The molecule has 0 aromatic heterocycles. The highest BCUT2D eigenvalue weighted by Gasteiger charge is 2.25. The van der Waals surface area contributed by atoms with Gasteiger partial charge in [0.05, 0.1) is 10.7 Å². The van der Waals surface area contributed by atoms with Crippen LogP contribution in [0.1, 0.15) is 31.9 Å². The van der Waals surface area contributed by atoms with Crippen LogP contribution in [0.2, 0.25) is 5.02 Å². The predicted molar refractivity (Wildman–Crippen MR) is 87.2 cm³/mol. The minimum absolute atomic E-state index is 0.0952. The number of azo groups is 1. The first-order chi connectivity index (χ1) is 9.80. The SMILES string of the molecule is Cc1cc(N=Nc2ccccc2)c(O)c(C(C)(C)C)c1Cl. The standard InChI is InChI=1S/C17H19ClN2O/c1-11-10-13(20-19-12-8-6-5-7-9-12)16(21)14(15(11)18)17(2,3)4/h5-10,21H,1-4H3. The maximum Gasteiger partial charge on any atom is 0.148 e. The summed E-state index contributed by atoms with van der Waals surface area (Å²) in [4.78, 5) is 0. The minimum Gasteiger partial charge on any atom is -0.505 e. The van der Waals surface area contributed by atoms with Crippen LogP contribution >= 0.6 is 11.6 Å². The summed E-state index contributed by atoms with van der Waals surface area (Å²) in [5, 5.41) is 19.4. The van der Waals surface area contributed by atoms with Crippen molar-refractivity contribution in [3.05, 3.63) is 52.5 Å². The molecule has 0 unspecified atom stereocenters. The molecule has 2 aromatic carbocycles. The molecule has 0 saturated carbocycles. The van der Waals surface area contributed by atoms with Crippen molar-refractivity contribution in [2.24, 2.45) is 10.2 Å². The molecule has 110 valence electrons. The Kier molecular flexibility index (Phi) is 4.33. The Labute approximate surface area is 130 Å². The van der Waals surface area contributed by atoms with Gasteiger partial charge in [0, 0.05) is 5.56 Å². The Hall–Kier alpha value is -1.87. The molecule has 0 saturated heterocycles. The Bertz CT molecular complexity index is 673. The van der Waals surface area contributed by atoms with E-state index in [0.29, 0.717) is 16.3 Å². The predicted octanol–water partition coefficient (Wildman–Crippen LogP) is 6.07. The van der Waals surface area contributed by atoms with E-state index in [0.717, 1.165) is 11.3 Å². The van der Waals surface area contributed by atoms with Gasteiger partial charge in [-0.1, -0.05) is 50.6 Å². The van der Waals surface area contributed by atoms with Gasteiger partial charge in [0.25, 0.3) is 0 Å². The summed E-state index contributed by atoms with van der Waals surface area (Å²) in [5.41, 5.74) is 2.48. The smallest absolute Gasteiger partial charge is 0.148 e. The van der Waals surface area contributed by atoms with Gasteiger partial charge in [0.15, 0.2) is 0 Å². The molecule has 0 radical (unpaired) electrons. The number of phenolic OH excluding ortho intramolecular Hbond substituents is 1. The second kappa shape index (κ2) is 5.86. The molecule has 0 heterocycles. The van der Waals surface area contributed by atoms with Gasteiger partial charge in [-0.25, -0.2) is 0 Å². The van der Waals surface area contributed by atoms with Crippen molar-refractivity contribution in [1.29, 1.82) is 0 Å². The average molecular weight is 303 g/mol. The molecule has 21 heavy (non-hydrogen) atoms. The summed E-state index contributed by atoms with van der Waals surface area (Å²) >= 11 is 6.34. The van der Waals surface area contributed by atoms with Crippen molar-refractivity contribution >= 4 is 23.0 Å². The van der Waals surface area contributed by atoms with E-state index < -0.39 is 0 Å². The third kappa shape index (κ3) is 3.42. The second-order valence-electron chi connectivity index (χ2n) is 6.04. The molecular formula is C17H19ClN2O. The lowest BCUT2D eigenvalue weighted by atomic mass is 9.85. The summed E-state index contributed by atoms with van der Waals surface area (Å²) in [6, 6.07) is 11.2. The molecule has 0 bridgehead atoms. The molecule has 0 atom stereocenters. The van der Waals surface area contributed by atoms with E-state index in [4.69, 9.17) is 11.6 Å². The number of hydrogen-bond acceptors (Lipinski definition) is 3. The lowest BCUT2D eigenvalue weighted by molar-refractivity contribution is 0.447. The fraction of sp³-hybridized carbons (Fsp3) is 0.294. The number of nitrogens with zero attached hydrogens (tertiary/aromatic N) is 2. The molecule has 2 rings (SSSR count). The van der Waals surface area contributed by atoms with E-state index in [2.05, 4.69) is 10.2 Å². The molecule has 0 aliphatic carbocycles. The van der Waals surface area contributed by atoms with Crippen molar-refractivity contribution in [3.8, 4) is 5.75 Å². The van der Waals surface area contributed by atoms with Crippen LogP contribution in [-0.2, 0) is 5.41 Å². The van der Waals surface area contributed by atoms with Crippen LogP contribution in [0.4, 0.5) is 11.4 Å². The van der Waals surface area contributed by atoms with Crippen molar-refractivity contribution in [2.75, 3.05) is 0 Å². The maximum atomic E-state index is 10.5. The van der Waals surface area contributed by atoms with Crippen molar-refractivity contribution in [1.82, 2.24) is 0 Å². The number of rotatable bonds is 2. The van der Waals surface area contributed by atoms with Gasteiger partial charge in [-0.3, -0.25) is 0 Å². The van der Waals surface area contributed by atoms with Crippen LogP contribution in [0.5, 0.6) is 5.75 Å². The molecule has 0 aliphatic rings. The molecule has 0 fully saturated rings. The lowest BCUT2D eigenvalue weighted by Gasteiger charge is -2.23. The number of aromatic hydroxyl groups is 1. The Morgan fingerprint density at radius 2 is 1.67 bits per heavy atom. The third-order valence-corrected chi connectivity index (χ3v) is 3.66. The van der Waals surface area contributed by atoms with Gasteiger partial charge in [-0.05, 0) is 36.1 Å². The lowest BCUT2D eigenvalue weighted by Crippen LogP contribution is -2.12. The number of halogens is 1. The number of benzene rings is 2. The Morgan fingerprint density at radius 3 is 2.24 bits per heavy atom. The first kappa shape index (κ1) is 15.5. The number of aryl methyl sites for hydroxylation is 1. The van der Waals surface area contributed by atoms with Gasteiger partial charge < -0.3 is 5.11 Å². The first-order valence-corrected chi connectivity index (χ1v) is 7.18. The molecule has 0 spiro atoms. The number of hydrogen-bond donors (Lipinski definition) is 1. The quantitative estimate of drug-likeness (QED) is 0.672. The molecular weight excluding hydrogens is 284 g/mol. The van der Waals surface area contributed by atoms with E-state index >= 15 is 0 Å². The second-order valence-corrected chi connectivity index (χ2v) is 6.41. The van der Waals surface area contributed by atoms with E-state index in [-0.39, 0.29) is 11.2 Å².